The minimum Gasteiger partial charge on any atom is -0.508 e. The highest BCUT2D eigenvalue weighted by Crippen LogP contribution is 2.57. The summed E-state index contributed by atoms with van der Waals surface area (Å²) in [5.41, 5.74) is 3.42. The zero-order valence-corrected chi connectivity index (χ0v) is 24.7. The van der Waals surface area contributed by atoms with Gasteiger partial charge in [-0.1, -0.05) is 92.6 Å². The molecule has 3 aromatic carbocycles. The van der Waals surface area contributed by atoms with Crippen molar-refractivity contribution in [2.75, 3.05) is 19.6 Å². The van der Waals surface area contributed by atoms with Crippen LogP contribution in [-0.2, 0) is 22.0 Å². The van der Waals surface area contributed by atoms with E-state index in [4.69, 9.17) is 0 Å². The van der Waals surface area contributed by atoms with Crippen LogP contribution in [0.15, 0.2) is 84.9 Å². The number of aromatic hydroxyl groups is 1. The summed E-state index contributed by atoms with van der Waals surface area (Å²) in [4.78, 5) is 16.8. The molecular weight excluding hydrogens is 504 g/mol. The molecule has 1 aliphatic heterocycles. The number of fused-ring (bicyclic) bond motifs is 1. The van der Waals surface area contributed by atoms with Gasteiger partial charge in [0.1, 0.15) is 5.75 Å². The molecule has 1 saturated heterocycles. The van der Waals surface area contributed by atoms with E-state index in [0.29, 0.717) is 5.75 Å². The van der Waals surface area contributed by atoms with Crippen molar-refractivity contribution in [2.24, 2.45) is 5.41 Å². The van der Waals surface area contributed by atoms with E-state index in [2.05, 4.69) is 77.8 Å². The highest BCUT2D eigenvalue weighted by atomic mass is 16.3. The molecule has 3 aromatic rings. The van der Waals surface area contributed by atoms with E-state index in [0.717, 1.165) is 77.4 Å². The summed E-state index contributed by atoms with van der Waals surface area (Å²) >= 11 is 0. The fourth-order valence-corrected chi connectivity index (χ4v) is 8.64. The molecule has 6 rings (SSSR count). The molecule has 2 aliphatic carbocycles. The van der Waals surface area contributed by atoms with Crippen molar-refractivity contribution in [2.45, 2.75) is 88.0 Å². The smallest absolute Gasteiger partial charge is 0.230 e. The van der Waals surface area contributed by atoms with E-state index in [1.807, 2.05) is 18.2 Å². The molecule has 3 aliphatic rings. The number of nitrogens with one attached hydrogen (secondary N) is 1. The maximum atomic E-state index is 14.1. The number of nitrogens with zero attached hydrogens (tertiary/aromatic N) is 1. The van der Waals surface area contributed by atoms with Crippen LogP contribution >= 0.6 is 0 Å². The van der Waals surface area contributed by atoms with Gasteiger partial charge in [-0.3, -0.25) is 4.79 Å². The van der Waals surface area contributed by atoms with Gasteiger partial charge in [-0.25, -0.2) is 0 Å². The molecule has 3 atom stereocenters. The predicted molar refractivity (Wildman–Crippen MR) is 166 cm³/mol. The number of rotatable bonds is 8. The van der Waals surface area contributed by atoms with Crippen molar-refractivity contribution in [3.63, 3.8) is 0 Å². The second kappa shape index (κ2) is 11.6. The molecular formula is C37H46N2O2. The summed E-state index contributed by atoms with van der Waals surface area (Å²) in [6.07, 6.45) is 10.4. The summed E-state index contributed by atoms with van der Waals surface area (Å²) in [7, 11) is 0. The Morgan fingerprint density at radius 2 is 1.61 bits per heavy atom. The van der Waals surface area contributed by atoms with Gasteiger partial charge >= 0.3 is 0 Å². The molecule has 3 fully saturated rings. The van der Waals surface area contributed by atoms with Crippen LogP contribution in [0, 0.1) is 5.41 Å². The highest BCUT2D eigenvalue weighted by Gasteiger charge is 2.56. The first-order valence-corrected chi connectivity index (χ1v) is 15.8. The van der Waals surface area contributed by atoms with E-state index >= 15 is 0 Å². The lowest BCUT2D eigenvalue weighted by Gasteiger charge is -2.60. The van der Waals surface area contributed by atoms with Gasteiger partial charge in [0, 0.05) is 18.0 Å². The lowest BCUT2D eigenvalue weighted by atomic mass is 9.50. The molecule has 1 heterocycles. The van der Waals surface area contributed by atoms with Crippen LogP contribution in [0.1, 0.15) is 81.4 Å². The van der Waals surface area contributed by atoms with Crippen molar-refractivity contribution < 1.29 is 9.90 Å². The molecule has 4 nitrogen and oxygen atoms in total. The third-order valence-electron chi connectivity index (χ3n) is 11.0. The van der Waals surface area contributed by atoms with E-state index in [1.165, 1.54) is 23.1 Å². The molecule has 0 bridgehead atoms. The Labute approximate surface area is 246 Å². The van der Waals surface area contributed by atoms with Crippen molar-refractivity contribution in [1.29, 1.82) is 0 Å². The van der Waals surface area contributed by atoms with Gasteiger partial charge in [-0.05, 0) is 98.7 Å². The number of amides is 1. The molecule has 41 heavy (non-hydrogen) atoms. The monoisotopic (exact) mass is 550 g/mol. The van der Waals surface area contributed by atoms with E-state index in [9.17, 15) is 9.90 Å². The average Bonchev–Trinajstić information content (AvgIpc) is 3.50. The maximum absolute atomic E-state index is 14.1. The molecule has 0 radical (unpaired) electrons. The van der Waals surface area contributed by atoms with Crippen LogP contribution in [0.4, 0.5) is 0 Å². The Hall–Kier alpha value is -3.11. The summed E-state index contributed by atoms with van der Waals surface area (Å²) < 4.78 is 0. The predicted octanol–water partition coefficient (Wildman–Crippen LogP) is 7.16. The van der Waals surface area contributed by atoms with Crippen molar-refractivity contribution in [3.05, 3.63) is 102 Å². The molecule has 0 aromatic heterocycles. The number of hydrogen-bond acceptors (Lipinski definition) is 3. The molecule has 216 valence electrons. The number of piperidine rings is 1. The number of likely N-dealkylation sites (tertiary alicyclic amines) is 1. The summed E-state index contributed by atoms with van der Waals surface area (Å²) in [6, 6.07) is 29.4. The van der Waals surface area contributed by atoms with Gasteiger partial charge in [0.15, 0.2) is 0 Å². The molecule has 1 amide bonds. The molecule has 2 N–H and O–H groups in total. The zero-order valence-electron chi connectivity index (χ0n) is 24.7. The van der Waals surface area contributed by atoms with Crippen LogP contribution in [0.5, 0.6) is 5.75 Å². The number of phenols is 1. The number of benzene rings is 3. The number of aryl methyl sites for hydroxylation is 1. The first-order chi connectivity index (χ1) is 19.9. The third-order valence-corrected chi connectivity index (χ3v) is 11.0. The summed E-state index contributed by atoms with van der Waals surface area (Å²) in [5.74, 6) is 0.559. The van der Waals surface area contributed by atoms with Crippen molar-refractivity contribution in [3.8, 4) is 5.75 Å². The van der Waals surface area contributed by atoms with E-state index < -0.39 is 5.41 Å². The number of carbonyl (C=O) groups excluding carboxylic acids is 1. The quantitative estimate of drug-likeness (QED) is 0.313. The Morgan fingerprint density at radius 1 is 0.902 bits per heavy atom. The lowest BCUT2D eigenvalue weighted by molar-refractivity contribution is -0.128. The summed E-state index contributed by atoms with van der Waals surface area (Å²) in [5, 5.41) is 14.1. The Bertz CT molecular complexity index is 1320. The van der Waals surface area contributed by atoms with Crippen molar-refractivity contribution in [1.82, 2.24) is 10.2 Å². The minimum absolute atomic E-state index is 0.0759. The number of carbonyl (C=O) groups is 1. The van der Waals surface area contributed by atoms with Crippen LogP contribution in [0.25, 0.3) is 0 Å². The fourth-order valence-electron chi connectivity index (χ4n) is 8.64. The van der Waals surface area contributed by atoms with E-state index in [-0.39, 0.29) is 22.8 Å². The lowest BCUT2D eigenvalue weighted by Crippen LogP contribution is -2.62. The SMILES string of the molecule is CC12CCC(NC(=O)C3(c4ccccc4)CCCC3)CC1(c1cccc(O)c1)CCN(CCCc1ccccc1)C2. The molecule has 4 heteroatoms. The van der Waals surface area contributed by atoms with Crippen molar-refractivity contribution >= 4 is 5.91 Å². The largest absolute Gasteiger partial charge is 0.508 e. The maximum Gasteiger partial charge on any atom is 0.230 e. The summed E-state index contributed by atoms with van der Waals surface area (Å²) in [6.45, 7) is 5.70. The van der Waals surface area contributed by atoms with Gasteiger partial charge in [0.25, 0.3) is 0 Å². The van der Waals surface area contributed by atoms with Crippen LogP contribution < -0.4 is 5.32 Å². The van der Waals surface area contributed by atoms with Crippen LogP contribution in [0.2, 0.25) is 0 Å². The first kappa shape index (κ1) is 28.0. The minimum atomic E-state index is -0.400. The van der Waals surface area contributed by atoms with E-state index in [1.54, 1.807) is 6.07 Å². The average molecular weight is 551 g/mol. The Kier molecular flexibility index (Phi) is 7.96. The molecule has 3 unspecified atom stereocenters. The molecule has 2 saturated carbocycles. The van der Waals surface area contributed by atoms with Gasteiger partial charge in [-0.15, -0.1) is 0 Å². The van der Waals surface area contributed by atoms with Crippen LogP contribution in [0.3, 0.4) is 0 Å². The topological polar surface area (TPSA) is 52.6 Å². The van der Waals surface area contributed by atoms with Gasteiger partial charge in [0.05, 0.1) is 5.41 Å². The second-order valence-corrected chi connectivity index (χ2v) is 13.4. The normalized spacial score (nSPS) is 27.7. The number of hydrogen-bond donors (Lipinski definition) is 2. The standard InChI is InChI=1S/C37H46N2O2/c1-35-22-19-32(38-34(41)36(20-8-9-21-36)30-15-6-3-7-16-30)27-37(35,31-17-10-18-33(40)26-31)23-25-39(28-35)24-11-14-29-12-4-2-5-13-29/h2-7,10,12-13,15-18,26,32,40H,8-9,11,14,19-25,27-28H2,1H3,(H,38,41). The van der Waals surface area contributed by atoms with Crippen LogP contribution in [-0.4, -0.2) is 41.6 Å². The second-order valence-electron chi connectivity index (χ2n) is 13.4. The molecule has 0 spiro atoms. The van der Waals surface area contributed by atoms with Gasteiger partial charge < -0.3 is 15.3 Å². The number of phenolic OH excluding ortho intramolecular Hbond substituents is 1. The van der Waals surface area contributed by atoms with Gasteiger partial charge in [-0.2, -0.15) is 0 Å². The Balaban J connectivity index is 1.21. The Morgan fingerprint density at radius 3 is 2.34 bits per heavy atom. The fraction of sp³-hybridized carbons (Fsp3) is 0.486. The zero-order chi connectivity index (χ0) is 28.3. The van der Waals surface area contributed by atoms with Gasteiger partial charge in [0.2, 0.25) is 5.91 Å². The highest BCUT2D eigenvalue weighted by molar-refractivity contribution is 5.88. The third kappa shape index (κ3) is 5.44. The first-order valence-electron chi connectivity index (χ1n) is 15.8.